The molecule has 2 bridgehead atoms. The second kappa shape index (κ2) is 11.2. The Morgan fingerprint density at radius 1 is 0.919 bits per heavy atom. The third-order valence-corrected chi connectivity index (χ3v) is 8.64. The second-order valence-corrected chi connectivity index (χ2v) is 11.1. The number of nitrogens with one attached hydrogen (secondary N) is 2. The highest BCUT2D eigenvalue weighted by Crippen LogP contribution is 2.36. The van der Waals surface area contributed by atoms with Crippen LogP contribution in [0.5, 0.6) is 0 Å². The zero-order valence-corrected chi connectivity index (χ0v) is 22.2. The van der Waals surface area contributed by atoms with Crippen LogP contribution in [0.25, 0.3) is 5.69 Å². The van der Waals surface area contributed by atoms with Crippen LogP contribution < -0.4 is 15.5 Å². The summed E-state index contributed by atoms with van der Waals surface area (Å²) in [7, 11) is 0. The van der Waals surface area contributed by atoms with Crippen molar-refractivity contribution in [3.63, 3.8) is 0 Å². The second-order valence-electron chi connectivity index (χ2n) is 10.6. The molecule has 0 saturated carbocycles. The molecule has 1 unspecified atom stereocenters. The van der Waals surface area contributed by atoms with Gasteiger partial charge in [-0.3, -0.25) is 9.80 Å². The van der Waals surface area contributed by atoms with E-state index in [2.05, 4.69) is 60.8 Å². The number of para-hydroxylation sites is 1. The number of nitrogens with zero attached hydrogens (tertiary/aromatic N) is 5. The maximum Gasteiger partial charge on any atom is 0.170 e. The highest BCUT2D eigenvalue weighted by atomic mass is 32.1. The summed E-state index contributed by atoms with van der Waals surface area (Å²) in [6, 6.07) is 21.5. The fourth-order valence-electron chi connectivity index (χ4n) is 6.33. The molecule has 1 aromatic heterocycles. The Bertz CT molecular complexity index is 1140. The van der Waals surface area contributed by atoms with Gasteiger partial charge in [-0.15, -0.1) is 0 Å². The first-order valence-electron chi connectivity index (χ1n) is 13.6. The van der Waals surface area contributed by atoms with Gasteiger partial charge in [0.15, 0.2) is 5.11 Å². The van der Waals surface area contributed by atoms with Crippen molar-refractivity contribution in [2.75, 3.05) is 62.6 Å². The lowest BCUT2D eigenvalue weighted by Crippen LogP contribution is -2.59. The van der Waals surface area contributed by atoms with Gasteiger partial charge in [-0.1, -0.05) is 18.2 Å². The molecule has 3 aromatic rings. The molecule has 0 amide bonds. The van der Waals surface area contributed by atoms with Gasteiger partial charge in [-0.05, 0) is 85.9 Å². The largest absolute Gasteiger partial charge is 0.369 e. The molecule has 7 rings (SSSR count). The Balaban J connectivity index is 0.939. The molecule has 0 spiro atoms. The normalized spacial score (nSPS) is 25.7. The Labute approximate surface area is 225 Å². The number of aromatic nitrogens is 2. The van der Waals surface area contributed by atoms with Gasteiger partial charge < -0.3 is 15.5 Å². The molecule has 7 nitrogen and oxygen atoms in total. The molecule has 4 fully saturated rings. The molecular weight excluding hydrogens is 478 g/mol. The van der Waals surface area contributed by atoms with E-state index in [1.54, 1.807) is 6.20 Å². The molecular formula is C29H37N7S. The number of thiocarbonyl (C=S) groups is 1. The van der Waals surface area contributed by atoms with E-state index in [0.717, 1.165) is 42.8 Å². The number of benzene rings is 2. The van der Waals surface area contributed by atoms with Crippen LogP contribution in [-0.2, 0) is 0 Å². The highest BCUT2D eigenvalue weighted by molar-refractivity contribution is 7.80. The molecule has 4 atom stereocenters. The van der Waals surface area contributed by atoms with E-state index in [-0.39, 0.29) is 0 Å². The van der Waals surface area contributed by atoms with E-state index in [1.165, 1.54) is 51.3 Å². The summed E-state index contributed by atoms with van der Waals surface area (Å²) in [5, 5.41) is 11.8. The summed E-state index contributed by atoms with van der Waals surface area (Å²) in [6.07, 6.45) is 6.35. The van der Waals surface area contributed by atoms with Crippen LogP contribution in [0, 0.1) is 11.8 Å². The molecule has 37 heavy (non-hydrogen) atoms. The number of fused-ring (bicyclic) bond motifs is 3. The minimum atomic E-state index is 0.576. The molecule has 8 heteroatoms. The molecule has 4 saturated heterocycles. The van der Waals surface area contributed by atoms with E-state index < -0.39 is 0 Å². The first-order chi connectivity index (χ1) is 18.2. The molecule has 2 N–H and O–H groups in total. The Hall–Kier alpha value is -2.94. The summed E-state index contributed by atoms with van der Waals surface area (Å²) in [5.74, 6) is 1.63. The predicted molar refractivity (Wildman–Crippen MR) is 154 cm³/mol. The van der Waals surface area contributed by atoms with E-state index in [4.69, 9.17) is 12.2 Å². The van der Waals surface area contributed by atoms with Crippen LogP contribution in [0.1, 0.15) is 12.8 Å². The Kier molecular flexibility index (Phi) is 7.39. The van der Waals surface area contributed by atoms with Crippen molar-refractivity contribution in [1.29, 1.82) is 0 Å². The van der Waals surface area contributed by atoms with E-state index in [0.29, 0.717) is 11.2 Å². The summed E-state index contributed by atoms with van der Waals surface area (Å²) in [4.78, 5) is 7.94. The van der Waals surface area contributed by atoms with E-state index in [9.17, 15) is 0 Å². The van der Waals surface area contributed by atoms with Crippen LogP contribution in [0.4, 0.5) is 11.4 Å². The molecule has 2 aromatic carbocycles. The Morgan fingerprint density at radius 3 is 2.43 bits per heavy atom. The SMILES string of the molecule is S=C(NC[C@H]1C[C@@H]2CCN1C[C@H]2CN1CCN(c2ccccc2)CC1)Nc1ccc(-n2cccn2)cc1. The standard InChI is InChI=1S/C29H37N7S/c37-29(32-25-7-9-27(10-8-25)36-13-4-12-31-36)30-20-28-19-23-11-14-35(28)22-24(23)21-33-15-17-34(18-16-33)26-5-2-1-3-6-26/h1-10,12-13,23-24,28H,11,14-22H2,(H2,30,32,37)/t23-,24+,28+/m0/s1. The lowest BCUT2D eigenvalue weighted by Gasteiger charge is -2.51. The summed E-state index contributed by atoms with van der Waals surface area (Å²) < 4.78 is 1.85. The van der Waals surface area contributed by atoms with Crippen molar-refractivity contribution < 1.29 is 0 Å². The van der Waals surface area contributed by atoms with Gasteiger partial charge in [0, 0.05) is 75.6 Å². The van der Waals surface area contributed by atoms with Gasteiger partial charge in [-0.25, -0.2) is 4.68 Å². The van der Waals surface area contributed by atoms with Crippen molar-refractivity contribution in [3.05, 3.63) is 73.1 Å². The first-order valence-corrected chi connectivity index (χ1v) is 14.0. The molecule has 194 valence electrons. The zero-order chi connectivity index (χ0) is 25.0. The van der Waals surface area contributed by atoms with Gasteiger partial charge in [-0.2, -0.15) is 5.10 Å². The van der Waals surface area contributed by atoms with Crippen LogP contribution in [0.15, 0.2) is 73.1 Å². The van der Waals surface area contributed by atoms with Gasteiger partial charge in [0.05, 0.1) is 5.69 Å². The van der Waals surface area contributed by atoms with Crippen LogP contribution in [-0.4, -0.2) is 83.1 Å². The van der Waals surface area contributed by atoms with Crippen molar-refractivity contribution >= 4 is 28.7 Å². The monoisotopic (exact) mass is 515 g/mol. The fourth-order valence-corrected chi connectivity index (χ4v) is 6.53. The van der Waals surface area contributed by atoms with Crippen molar-refractivity contribution in [2.45, 2.75) is 18.9 Å². The van der Waals surface area contributed by atoms with Crippen LogP contribution >= 0.6 is 12.2 Å². The van der Waals surface area contributed by atoms with Gasteiger partial charge in [0.1, 0.15) is 0 Å². The maximum absolute atomic E-state index is 5.61. The van der Waals surface area contributed by atoms with Crippen molar-refractivity contribution in [2.24, 2.45) is 11.8 Å². The van der Waals surface area contributed by atoms with Gasteiger partial charge in [0.2, 0.25) is 0 Å². The average Bonchev–Trinajstić information content (AvgIpc) is 3.49. The first kappa shape index (κ1) is 24.4. The van der Waals surface area contributed by atoms with E-state index >= 15 is 0 Å². The number of hydrogen-bond donors (Lipinski definition) is 2. The third kappa shape index (κ3) is 5.81. The van der Waals surface area contributed by atoms with Crippen LogP contribution in [0.2, 0.25) is 0 Å². The Morgan fingerprint density at radius 2 is 1.73 bits per heavy atom. The number of anilines is 2. The number of rotatable bonds is 7. The fraction of sp³-hybridized carbons (Fsp3) is 0.448. The molecule has 5 heterocycles. The summed E-state index contributed by atoms with van der Waals surface area (Å²) >= 11 is 5.61. The lowest BCUT2D eigenvalue weighted by molar-refractivity contribution is -0.0110. The molecule has 4 aliphatic heterocycles. The predicted octanol–water partition coefficient (Wildman–Crippen LogP) is 3.69. The highest BCUT2D eigenvalue weighted by Gasteiger charge is 2.40. The lowest BCUT2D eigenvalue weighted by atomic mass is 9.75. The number of hydrogen-bond acceptors (Lipinski definition) is 5. The van der Waals surface area contributed by atoms with Crippen molar-refractivity contribution in [3.8, 4) is 5.69 Å². The zero-order valence-electron chi connectivity index (χ0n) is 21.4. The molecule has 0 aliphatic carbocycles. The maximum atomic E-state index is 5.61. The molecule has 4 aliphatic rings. The number of piperazine rings is 1. The minimum absolute atomic E-state index is 0.576. The van der Waals surface area contributed by atoms with Gasteiger partial charge >= 0.3 is 0 Å². The average molecular weight is 516 g/mol. The minimum Gasteiger partial charge on any atom is -0.369 e. The van der Waals surface area contributed by atoms with Gasteiger partial charge in [0.25, 0.3) is 0 Å². The smallest absolute Gasteiger partial charge is 0.170 e. The van der Waals surface area contributed by atoms with Crippen LogP contribution in [0.3, 0.4) is 0 Å². The summed E-state index contributed by atoms with van der Waals surface area (Å²) in [5.41, 5.74) is 3.39. The quantitative estimate of drug-likeness (QED) is 0.466. The van der Waals surface area contributed by atoms with E-state index in [1.807, 2.05) is 41.2 Å². The third-order valence-electron chi connectivity index (χ3n) is 8.39. The molecule has 0 radical (unpaired) electrons. The summed E-state index contributed by atoms with van der Waals surface area (Å²) in [6.45, 7) is 9.23. The topological polar surface area (TPSA) is 51.6 Å². The number of piperidine rings is 3. The van der Waals surface area contributed by atoms with Crippen molar-refractivity contribution in [1.82, 2.24) is 24.9 Å².